The lowest BCUT2D eigenvalue weighted by Crippen LogP contribution is -2.26. The van der Waals surface area contributed by atoms with Crippen LogP contribution in [0.5, 0.6) is 5.75 Å². The normalized spacial score (nSPS) is 17.3. The molecule has 0 unspecified atom stereocenters. The molecule has 7 heteroatoms. The van der Waals surface area contributed by atoms with E-state index in [1.54, 1.807) is 19.8 Å². The van der Waals surface area contributed by atoms with Gasteiger partial charge in [-0.25, -0.2) is 9.67 Å². The summed E-state index contributed by atoms with van der Waals surface area (Å²) in [6, 6.07) is 6.48. The highest BCUT2D eigenvalue weighted by Gasteiger charge is 2.31. The van der Waals surface area contributed by atoms with Gasteiger partial charge in [-0.2, -0.15) is 10.2 Å². The van der Waals surface area contributed by atoms with Crippen molar-refractivity contribution >= 4 is 0 Å². The third kappa shape index (κ3) is 3.54. The first-order chi connectivity index (χ1) is 13.8. The Morgan fingerprint density at radius 2 is 2.07 bits per heavy atom. The topological polar surface area (TPSA) is 71.9 Å². The predicted molar refractivity (Wildman–Crippen MR) is 105 cm³/mol. The van der Waals surface area contributed by atoms with Crippen molar-refractivity contribution in [3.63, 3.8) is 0 Å². The van der Waals surface area contributed by atoms with E-state index < -0.39 is 0 Å². The van der Waals surface area contributed by atoms with Crippen molar-refractivity contribution in [3.05, 3.63) is 58.9 Å². The highest BCUT2D eigenvalue weighted by Crippen LogP contribution is 2.41. The molecule has 0 atom stereocenters. The van der Waals surface area contributed by atoms with Crippen LogP contribution < -0.4 is 4.74 Å². The Bertz CT molecular complexity index is 944. The maximum absolute atomic E-state index is 5.55. The van der Waals surface area contributed by atoms with Crippen LogP contribution in [-0.4, -0.2) is 50.1 Å². The maximum Gasteiger partial charge on any atom is 0.137 e. The molecule has 3 aromatic rings. The zero-order valence-electron chi connectivity index (χ0n) is 16.3. The molecule has 1 saturated carbocycles. The molecule has 2 aliphatic rings. The average molecular weight is 378 g/mol. The molecule has 1 aliphatic heterocycles. The zero-order chi connectivity index (χ0) is 18.9. The zero-order valence-corrected chi connectivity index (χ0v) is 16.3. The van der Waals surface area contributed by atoms with Crippen LogP contribution in [0, 0.1) is 0 Å². The van der Waals surface area contributed by atoms with Crippen LogP contribution in [0.3, 0.4) is 0 Å². The van der Waals surface area contributed by atoms with Crippen molar-refractivity contribution in [2.24, 2.45) is 0 Å². The van der Waals surface area contributed by atoms with Crippen LogP contribution in [-0.2, 0) is 25.9 Å². The fourth-order valence-electron chi connectivity index (χ4n) is 4.21. The molecule has 28 heavy (non-hydrogen) atoms. The van der Waals surface area contributed by atoms with Crippen molar-refractivity contribution in [1.29, 1.82) is 0 Å². The van der Waals surface area contributed by atoms with Crippen molar-refractivity contribution < 1.29 is 4.74 Å². The van der Waals surface area contributed by atoms with Gasteiger partial charge in [0, 0.05) is 43.2 Å². The van der Waals surface area contributed by atoms with E-state index in [-0.39, 0.29) is 0 Å². The lowest BCUT2D eigenvalue weighted by atomic mass is 10.1. The van der Waals surface area contributed by atoms with Crippen molar-refractivity contribution in [3.8, 4) is 5.75 Å². The molecule has 0 amide bonds. The molecule has 0 radical (unpaired) electrons. The third-order valence-electron chi connectivity index (χ3n) is 5.85. The number of nitrogens with zero attached hydrogens (tertiary/aromatic N) is 5. The Kier molecular flexibility index (Phi) is 4.60. The minimum Gasteiger partial charge on any atom is -0.496 e. The van der Waals surface area contributed by atoms with E-state index in [1.165, 1.54) is 35.4 Å². The average Bonchev–Trinajstić information content (AvgIpc) is 3.34. The van der Waals surface area contributed by atoms with Gasteiger partial charge in [0.05, 0.1) is 19.3 Å². The predicted octanol–water partition coefficient (Wildman–Crippen LogP) is 2.54. The van der Waals surface area contributed by atoms with Gasteiger partial charge in [0.1, 0.15) is 18.4 Å². The Labute approximate surface area is 164 Å². The number of hydrogen-bond donors (Lipinski definition) is 1. The summed E-state index contributed by atoms with van der Waals surface area (Å²) in [4.78, 5) is 6.58. The first kappa shape index (κ1) is 17.4. The standard InChI is InChI=1S/C21H26N6O/c1-28-20-5-2-15(10-17(20)12-27-14-22-13-23-27)11-26-8-6-18-19(7-9-26)24-25-21(18)16-3-4-16/h2,5,10,13-14,16H,3-4,6-9,11-12H2,1H3,(H,24,25). The van der Waals surface area contributed by atoms with Gasteiger partial charge in [-0.3, -0.25) is 10.00 Å². The Morgan fingerprint density at radius 3 is 2.86 bits per heavy atom. The summed E-state index contributed by atoms with van der Waals surface area (Å²) in [6.07, 6.45) is 8.06. The molecule has 146 valence electrons. The third-order valence-corrected chi connectivity index (χ3v) is 5.85. The lowest BCUT2D eigenvalue weighted by Gasteiger charge is -2.21. The molecule has 1 aliphatic carbocycles. The summed E-state index contributed by atoms with van der Waals surface area (Å²) in [6.45, 7) is 3.75. The molecule has 7 nitrogen and oxygen atoms in total. The first-order valence-electron chi connectivity index (χ1n) is 10.1. The second-order valence-electron chi connectivity index (χ2n) is 7.86. The van der Waals surface area contributed by atoms with Crippen LogP contribution >= 0.6 is 0 Å². The van der Waals surface area contributed by atoms with E-state index in [1.807, 2.05) is 4.68 Å². The number of methoxy groups -OCH3 is 1. The van der Waals surface area contributed by atoms with Crippen molar-refractivity contribution in [2.45, 2.75) is 44.7 Å². The number of aromatic amines is 1. The number of hydrogen-bond acceptors (Lipinski definition) is 5. The fraction of sp³-hybridized carbons (Fsp3) is 0.476. The molecular formula is C21H26N6O. The summed E-state index contributed by atoms with van der Waals surface area (Å²) in [5.74, 6) is 1.61. The molecule has 3 heterocycles. The lowest BCUT2D eigenvalue weighted by molar-refractivity contribution is 0.278. The van der Waals surface area contributed by atoms with E-state index in [9.17, 15) is 0 Å². The second-order valence-corrected chi connectivity index (χ2v) is 7.86. The van der Waals surface area contributed by atoms with E-state index in [0.29, 0.717) is 12.5 Å². The van der Waals surface area contributed by atoms with Gasteiger partial charge >= 0.3 is 0 Å². The number of rotatable bonds is 6. The molecule has 1 fully saturated rings. The number of nitrogens with one attached hydrogen (secondary N) is 1. The van der Waals surface area contributed by atoms with Gasteiger partial charge in [0.15, 0.2) is 0 Å². The van der Waals surface area contributed by atoms with Crippen LogP contribution in [0.1, 0.15) is 46.8 Å². The Balaban J connectivity index is 1.29. The molecule has 5 rings (SSSR count). The van der Waals surface area contributed by atoms with E-state index >= 15 is 0 Å². The summed E-state index contributed by atoms with van der Waals surface area (Å²) in [5.41, 5.74) is 6.63. The van der Waals surface area contributed by atoms with Crippen molar-refractivity contribution in [2.75, 3.05) is 20.2 Å². The molecular weight excluding hydrogens is 352 g/mol. The minimum absolute atomic E-state index is 0.665. The first-order valence-corrected chi connectivity index (χ1v) is 10.1. The second kappa shape index (κ2) is 7.39. The van der Waals surface area contributed by atoms with E-state index in [2.05, 4.69) is 43.4 Å². The summed E-state index contributed by atoms with van der Waals surface area (Å²) >= 11 is 0. The summed E-state index contributed by atoms with van der Waals surface area (Å²) in [7, 11) is 1.72. The van der Waals surface area contributed by atoms with Crippen LogP contribution in [0.4, 0.5) is 0 Å². The number of fused-ring (bicyclic) bond motifs is 1. The van der Waals surface area contributed by atoms with Crippen LogP contribution in [0.15, 0.2) is 30.9 Å². The minimum atomic E-state index is 0.665. The summed E-state index contributed by atoms with van der Waals surface area (Å²) in [5, 5.41) is 12.1. The number of benzene rings is 1. The van der Waals surface area contributed by atoms with Gasteiger partial charge < -0.3 is 4.74 Å². The molecule has 1 N–H and O–H groups in total. The van der Waals surface area contributed by atoms with Crippen LogP contribution in [0.2, 0.25) is 0 Å². The molecule has 0 bridgehead atoms. The smallest absolute Gasteiger partial charge is 0.137 e. The Morgan fingerprint density at radius 1 is 1.18 bits per heavy atom. The SMILES string of the molecule is COc1ccc(CN2CCc3[nH]nc(C4CC4)c3CC2)cc1Cn1cncn1. The largest absolute Gasteiger partial charge is 0.496 e. The molecule has 1 aromatic carbocycles. The maximum atomic E-state index is 5.55. The van der Waals surface area contributed by atoms with Crippen LogP contribution in [0.25, 0.3) is 0 Å². The number of H-pyrrole nitrogens is 1. The van der Waals surface area contributed by atoms with Gasteiger partial charge in [-0.15, -0.1) is 0 Å². The monoisotopic (exact) mass is 378 g/mol. The van der Waals surface area contributed by atoms with Gasteiger partial charge in [-0.05, 0) is 42.5 Å². The van der Waals surface area contributed by atoms with E-state index in [4.69, 9.17) is 4.74 Å². The molecule has 0 spiro atoms. The molecule has 0 saturated heterocycles. The summed E-state index contributed by atoms with van der Waals surface area (Å²) < 4.78 is 7.37. The fourth-order valence-corrected chi connectivity index (χ4v) is 4.21. The van der Waals surface area contributed by atoms with Gasteiger partial charge in [0.2, 0.25) is 0 Å². The highest BCUT2D eigenvalue weighted by atomic mass is 16.5. The molecule has 2 aromatic heterocycles. The quantitative estimate of drug-likeness (QED) is 0.714. The number of ether oxygens (including phenoxy) is 1. The van der Waals surface area contributed by atoms with Gasteiger partial charge in [-0.1, -0.05) is 6.07 Å². The van der Waals surface area contributed by atoms with Crippen molar-refractivity contribution in [1.82, 2.24) is 29.9 Å². The Hall–Kier alpha value is -2.67. The van der Waals surface area contributed by atoms with Gasteiger partial charge in [0.25, 0.3) is 0 Å². The van der Waals surface area contributed by atoms with E-state index in [0.717, 1.165) is 43.8 Å². The number of aromatic nitrogens is 5. The highest BCUT2D eigenvalue weighted by molar-refractivity contribution is 5.37.